The van der Waals surface area contributed by atoms with E-state index in [1.165, 1.54) is 0 Å². The fraction of sp³-hybridized carbons (Fsp3) is 0.889. The number of hydrogen-bond acceptors (Lipinski definition) is 3. The second kappa shape index (κ2) is 5.19. The summed E-state index contributed by atoms with van der Waals surface area (Å²) in [5.74, 6) is -0.0454. The summed E-state index contributed by atoms with van der Waals surface area (Å²) in [6.07, 6.45) is 0.589. The van der Waals surface area contributed by atoms with Crippen LogP contribution >= 0.6 is 0 Å². The first-order chi connectivity index (χ1) is 5.94. The molecule has 0 aliphatic carbocycles. The summed E-state index contributed by atoms with van der Waals surface area (Å²) >= 11 is 0. The lowest BCUT2D eigenvalue weighted by Crippen LogP contribution is -2.53. The predicted octanol–water partition coefficient (Wildman–Crippen LogP) is -0.128. The quantitative estimate of drug-likeness (QED) is 0.563. The van der Waals surface area contributed by atoms with Crippen LogP contribution in [0.2, 0.25) is 0 Å². The maximum atomic E-state index is 11.5. The zero-order valence-corrected chi connectivity index (χ0v) is 8.85. The molecular formula is C9H20N2O2. The minimum absolute atomic E-state index is 0.0186. The molecule has 0 spiro atoms. The van der Waals surface area contributed by atoms with Gasteiger partial charge in [-0.2, -0.15) is 0 Å². The highest BCUT2D eigenvalue weighted by Gasteiger charge is 2.25. The average Bonchev–Trinajstić information content (AvgIpc) is 2.04. The molecule has 4 nitrogen and oxygen atoms in total. The summed E-state index contributed by atoms with van der Waals surface area (Å²) in [7, 11) is 1.75. The van der Waals surface area contributed by atoms with Crippen molar-refractivity contribution in [1.82, 2.24) is 10.6 Å². The highest BCUT2D eigenvalue weighted by atomic mass is 16.3. The Labute approximate surface area is 79.7 Å². The topological polar surface area (TPSA) is 61.4 Å². The number of carbonyl (C=O) groups is 1. The molecule has 0 saturated heterocycles. The molecule has 0 fully saturated rings. The third kappa shape index (κ3) is 4.24. The molecule has 78 valence electrons. The SMILES string of the molecule is CNC(C)(C)C(=O)NC(C)CCO. The minimum Gasteiger partial charge on any atom is -0.396 e. The maximum absolute atomic E-state index is 11.5. The van der Waals surface area contributed by atoms with Crippen molar-refractivity contribution in [2.75, 3.05) is 13.7 Å². The molecule has 0 aliphatic rings. The number of carbonyl (C=O) groups excluding carboxylic acids is 1. The number of rotatable bonds is 5. The summed E-state index contributed by atoms with van der Waals surface area (Å²) in [5.41, 5.74) is -0.552. The average molecular weight is 188 g/mol. The second-order valence-corrected chi connectivity index (χ2v) is 3.76. The van der Waals surface area contributed by atoms with Gasteiger partial charge in [0.1, 0.15) is 0 Å². The van der Waals surface area contributed by atoms with Crippen LogP contribution in [-0.2, 0) is 4.79 Å². The first-order valence-electron chi connectivity index (χ1n) is 4.54. The van der Waals surface area contributed by atoms with Crippen molar-refractivity contribution < 1.29 is 9.90 Å². The Balaban J connectivity index is 3.99. The normalized spacial score (nSPS) is 13.9. The van der Waals surface area contributed by atoms with Gasteiger partial charge in [0.25, 0.3) is 0 Å². The lowest BCUT2D eigenvalue weighted by atomic mass is 10.0. The Morgan fingerprint density at radius 3 is 2.46 bits per heavy atom. The predicted molar refractivity (Wildman–Crippen MR) is 52.4 cm³/mol. The summed E-state index contributed by atoms with van der Waals surface area (Å²) in [4.78, 5) is 11.5. The van der Waals surface area contributed by atoms with Crippen molar-refractivity contribution in [3.8, 4) is 0 Å². The monoisotopic (exact) mass is 188 g/mol. The smallest absolute Gasteiger partial charge is 0.239 e. The Morgan fingerprint density at radius 1 is 1.54 bits per heavy atom. The van der Waals surface area contributed by atoms with Crippen molar-refractivity contribution in [2.45, 2.75) is 38.8 Å². The first kappa shape index (κ1) is 12.4. The van der Waals surface area contributed by atoms with E-state index in [-0.39, 0.29) is 18.6 Å². The zero-order chi connectivity index (χ0) is 10.5. The molecule has 0 aromatic heterocycles. The van der Waals surface area contributed by atoms with Crippen molar-refractivity contribution >= 4 is 5.91 Å². The van der Waals surface area contributed by atoms with Crippen molar-refractivity contribution in [2.24, 2.45) is 0 Å². The third-order valence-electron chi connectivity index (χ3n) is 2.13. The molecule has 13 heavy (non-hydrogen) atoms. The van der Waals surface area contributed by atoms with Gasteiger partial charge in [0, 0.05) is 12.6 Å². The molecule has 0 heterocycles. The Hall–Kier alpha value is -0.610. The molecule has 1 atom stereocenters. The largest absolute Gasteiger partial charge is 0.396 e. The molecule has 0 rings (SSSR count). The molecule has 0 aliphatic heterocycles. The second-order valence-electron chi connectivity index (χ2n) is 3.76. The Bertz CT molecular complexity index is 169. The van der Waals surface area contributed by atoms with E-state index in [0.717, 1.165) is 0 Å². The van der Waals surface area contributed by atoms with E-state index < -0.39 is 5.54 Å². The van der Waals surface area contributed by atoms with Crippen molar-refractivity contribution in [3.05, 3.63) is 0 Å². The van der Waals surface area contributed by atoms with E-state index >= 15 is 0 Å². The van der Waals surface area contributed by atoms with Crippen LogP contribution in [0.25, 0.3) is 0 Å². The van der Waals surface area contributed by atoms with E-state index in [9.17, 15) is 4.79 Å². The van der Waals surface area contributed by atoms with Gasteiger partial charge < -0.3 is 15.7 Å². The van der Waals surface area contributed by atoms with E-state index in [1.54, 1.807) is 7.05 Å². The first-order valence-corrected chi connectivity index (χ1v) is 4.54. The fourth-order valence-corrected chi connectivity index (χ4v) is 0.784. The third-order valence-corrected chi connectivity index (χ3v) is 2.13. The Kier molecular flexibility index (Phi) is 4.95. The molecule has 0 bridgehead atoms. The lowest BCUT2D eigenvalue weighted by Gasteiger charge is -2.25. The van der Waals surface area contributed by atoms with Gasteiger partial charge in [0.05, 0.1) is 5.54 Å². The zero-order valence-electron chi connectivity index (χ0n) is 8.85. The number of likely N-dealkylation sites (N-methyl/N-ethyl adjacent to an activating group) is 1. The molecule has 0 aromatic carbocycles. The minimum atomic E-state index is -0.552. The summed E-state index contributed by atoms with van der Waals surface area (Å²) < 4.78 is 0. The van der Waals surface area contributed by atoms with Crippen LogP contribution in [0, 0.1) is 0 Å². The van der Waals surface area contributed by atoms with E-state index in [2.05, 4.69) is 10.6 Å². The number of amides is 1. The molecule has 1 unspecified atom stereocenters. The van der Waals surface area contributed by atoms with Crippen LogP contribution in [0.1, 0.15) is 27.2 Å². The lowest BCUT2D eigenvalue weighted by molar-refractivity contribution is -0.126. The molecule has 0 saturated carbocycles. The highest BCUT2D eigenvalue weighted by Crippen LogP contribution is 2.01. The molecule has 4 heteroatoms. The molecule has 3 N–H and O–H groups in total. The van der Waals surface area contributed by atoms with Gasteiger partial charge in [-0.25, -0.2) is 0 Å². The maximum Gasteiger partial charge on any atom is 0.239 e. The van der Waals surface area contributed by atoms with Crippen LogP contribution in [0.4, 0.5) is 0 Å². The van der Waals surface area contributed by atoms with Crippen molar-refractivity contribution in [1.29, 1.82) is 0 Å². The van der Waals surface area contributed by atoms with Crippen LogP contribution in [0.5, 0.6) is 0 Å². The molecular weight excluding hydrogens is 168 g/mol. The fourth-order valence-electron chi connectivity index (χ4n) is 0.784. The van der Waals surface area contributed by atoms with Crippen molar-refractivity contribution in [3.63, 3.8) is 0 Å². The van der Waals surface area contributed by atoms with Crippen LogP contribution in [0.3, 0.4) is 0 Å². The highest BCUT2D eigenvalue weighted by molar-refractivity contribution is 5.85. The number of aliphatic hydroxyl groups is 1. The van der Waals surface area contributed by atoms with Gasteiger partial charge in [-0.05, 0) is 34.2 Å². The summed E-state index contributed by atoms with van der Waals surface area (Å²) in [5, 5.41) is 14.4. The summed E-state index contributed by atoms with van der Waals surface area (Å²) in [6, 6.07) is 0.0186. The van der Waals surface area contributed by atoms with Gasteiger partial charge in [-0.3, -0.25) is 4.79 Å². The van der Waals surface area contributed by atoms with Crippen LogP contribution in [0.15, 0.2) is 0 Å². The number of nitrogens with one attached hydrogen (secondary N) is 2. The van der Waals surface area contributed by atoms with E-state index in [0.29, 0.717) is 6.42 Å². The number of hydrogen-bond donors (Lipinski definition) is 3. The standard InChI is InChI=1S/C9H20N2O2/c1-7(5-6-12)11-8(13)9(2,3)10-4/h7,10,12H,5-6H2,1-4H3,(H,11,13). The van der Waals surface area contributed by atoms with Gasteiger partial charge in [0.2, 0.25) is 5.91 Å². The molecule has 1 amide bonds. The van der Waals surface area contributed by atoms with Crippen LogP contribution < -0.4 is 10.6 Å². The van der Waals surface area contributed by atoms with Crippen LogP contribution in [-0.4, -0.2) is 36.2 Å². The van der Waals surface area contributed by atoms with E-state index in [4.69, 9.17) is 5.11 Å². The van der Waals surface area contributed by atoms with Gasteiger partial charge in [-0.1, -0.05) is 0 Å². The number of aliphatic hydroxyl groups excluding tert-OH is 1. The van der Waals surface area contributed by atoms with Gasteiger partial charge in [-0.15, -0.1) is 0 Å². The molecule has 0 radical (unpaired) electrons. The van der Waals surface area contributed by atoms with E-state index in [1.807, 2.05) is 20.8 Å². The Morgan fingerprint density at radius 2 is 2.08 bits per heavy atom. The van der Waals surface area contributed by atoms with Gasteiger partial charge in [0.15, 0.2) is 0 Å². The van der Waals surface area contributed by atoms with Gasteiger partial charge >= 0.3 is 0 Å². The summed E-state index contributed by atoms with van der Waals surface area (Å²) in [6.45, 7) is 5.60. The molecule has 0 aromatic rings.